The fourth-order valence-corrected chi connectivity index (χ4v) is 1.40. The quantitative estimate of drug-likeness (QED) is 0.694. The molecule has 0 aliphatic heterocycles. The van der Waals surface area contributed by atoms with Crippen LogP contribution < -0.4 is 11.1 Å². The number of rotatable bonds is 5. The molecule has 0 spiro atoms. The lowest BCUT2D eigenvalue weighted by Gasteiger charge is -2.19. The van der Waals surface area contributed by atoms with Crippen LogP contribution in [-0.4, -0.2) is 29.2 Å². The second-order valence-corrected chi connectivity index (χ2v) is 4.83. The Morgan fingerprint density at radius 3 is 2.53 bits per heavy atom. The minimum Gasteiger partial charge on any atom is -0.389 e. The number of hydrogen-bond acceptors (Lipinski definition) is 3. The predicted molar refractivity (Wildman–Crippen MR) is 67.4 cm³/mol. The van der Waals surface area contributed by atoms with Gasteiger partial charge in [-0.1, -0.05) is 30.3 Å². The molecule has 17 heavy (non-hydrogen) atoms. The van der Waals surface area contributed by atoms with Crippen LogP contribution in [0.1, 0.15) is 19.4 Å². The third-order valence-corrected chi connectivity index (χ3v) is 2.33. The Kier molecular flexibility index (Phi) is 4.66. The van der Waals surface area contributed by atoms with Crippen LogP contribution in [0.25, 0.3) is 0 Å². The molecular weight excluding hydrogens is 216 g/mol. The number of carbonyl (C=O) groups excluding carboxylic acids is 1. The zero-order chi connectivity index (χ0) is 12.9. The molecule has 0 heterocycles. The van der Waals surface area contributed by atoms with Crippen LogP contribution in [0.2, 0.25) is 0 Å². The Morgan fingerprint density at radius 1 is 1.41 bits per heavy atom. The van der Waals surface area contributed by atoms with E-state index in [1.165, 1.54) is 0 Å². The highest BCUT2D eigenvalue weighted by Gasteiger charge is 2.18. The van der Waals surface area contributed by atoms with Crippen LogP contribution in [-0.2, 0) is 11.2 Å². The minimum absolute atomic E-state index is 0.203. The summed E-state index contributed by atoms with van der Waals surface area (Å²) in [5.74, 6) is -0.240. The monoisotopic (exact) mass is 236 g/mol. The van der Waals surface area contributed by atoms with Crippen molar-refractivity contribution < 1.29 is 9.90 Å². The molecule has 0 aliphatic carbocycles. The highest BCUT2D eigenvalue weighted by Crippen LogP contribution is 2.02. The summed E-state index contributed by atoms with van der Waals surface area (Å²) in [5.41, 5.74) is 5.90. The SMILES string of the molecule is CC(C)(O)CNC(=O)[C@H](N)Cc1ccccc1. The molecule has 0 aliphatic rings. The van der Waals surface area contributed by atoms with Gasteiger partial charge in [0.15, 0.2) is 0 Å². The zero-order valence-electron chi connectivity index (χ0n) is 10.3. The van der Waals surface area contributed by atoms with E-state index in [1.807, 2.05) is 30.3 Å². The number of carbonyl (C=O) groups is 1. The molecule has 0 unspecified atom stereocenters. The summed E-state index contributed by atoms with van der Waals surface area (Å²) in [6.45, 7) is 3.47. The van der Waals surface area contributed by atoms with Gasteiger partial charge in [-0.3, -0.25) is 4.79 Å². The molecule has 1 atom stereocenters. The zero-order valence-corrected chi connectivity index (χ0v) is 10.3. The fourth-order valence-electron chi connectivity index (χ4n) is 1.40. The summed E-state index contributed by atoms with van der Waals surface area (Å²) in [5, 5.41) is 12.1. The first-order chi connectivity index (χ1) is 7.88. The molecule has 1 aromatic rings. The first-order valence-electron chi connectivity index (χ1n) is 5.68. The van der Waals surface area contributed by atoms with Gasteiger partial charge >= 0.3 is 0 Å². The van der Waals surface area contributed by atoms with Crippen LogP contribution >= 0.6 is 0 Å². The van der Waals surface area contributed by atoms with E-state index in [0.29, 0.717) is 6.42 Å². The average Bonchev–Trinajstić information content (AvgIpc) is 2.26. The van der Waals surface area contributed by atoms with Gasteiger partial charge in [0.2, 0.25) is 5.91 Å². The molecule has 1 aromatic carbocycles. The first kappa shape index (κ1) is 13.7. The lowest BCUT2D eigenvalue weighted by molar-refractivity contribution is -0.123. The number of hydrogen-bond donors (Lipinski definition) is 3. The van der Waals surface area contributed by atoms with Crippen molar-refractivity contribution >= 4 is 5.91 Å². The van der Waals surface area contributed by atoms with E-state index in [1.54, 1.807) is 13.8 Å². The molecule has 0 bridgehead atoms. The van der Waals surface area contributed by atoms with Crippen molar-refractivity contribution in [2.45, 2.75) is 31.9 Å². The Bertz CT molecular complexity index is 357. The number of benzene rings is 1. The molecule has 4 heteroatoms. The number of aliphatic hydroxyl groups is 1. The molecule has 4 N–H and O–H groups in total. The van der Waals surface area contributed by atoms with Gasteiger partial charge < -0.3 is 16.2 Å². The number of amides is 1. The van der Waals surface area contributed by atoms with Gasteiger partial charge in [0.25, 0.3) is 0 Å². The van der Waals surface area contributed by atoms with Crippen LogP contribution in [0.4, 0.5) is 0 Å². The maximum Gasteiger partial charge on any atom is 0.237 e. The summed E-state index contributed by atoms with van der Waals surface area (Å²) in [6, 6.07) is 9.03. The van der Waals surface area contributed by atoms with Crippen molar-refractivity contribution in [2.75, 3.05) is 6.54 Å². The second-order valence-electron chi connectivity index (χ2n) is 4.83. The van der Waals surface area contributed by atoms with Gasteiger partial charge in [0, 0.05) is 6.54 Å². The Hall–Kier alpha value is -1.39. The largest absolute Gasteiger partial charge is 0.389 e. The van der Waals surface area contributed by atoms with E-state index in [2.05, 4.69) is 5.32 Å². The molecule has 94 valence electrons. The molecule has 0 fully saturated rings. The third kappa shape index (κ3) is 5.47. The third-order valence-electron chi connectivity index (χ3n) is 2.33. The molecule has 0 saturated carbocycles. The van der Waals surface area contributed by atoms with Crippen molar-refractivity contribution in [1.29, 1.82) is 0 Å². The summed E-state index contributed by atoms with van der Waals surface area (Å²) in [7, 11) is 0. The highest BCUT2D eigenvalue weighted by molar-refractivity contribution is 5.81. The summed E-state index contributed by atoms with van der Waals surface area (Å²) in [6.07, 6.45) is 0.499. The van der Waals surface area contributed by atoms with Crippen LogP contribution in [0.5, 0.6) is 0 Å². The lowest BCUT2D eigenvalue weighted by Crippen LogP contribution is -2.46. The molecule has 0 saturated heterocycles. The van der Waals surface area contributed by atoms with Crippen molar-refractivity contribution in [3.63, 3.8) is 0 Å². The van der Waals surface area contributed by atoms with Gasteiger partial charge in [-0.2, -0.15) is 0 Å². The van der Waals surface area contributed by atoms with Crippen molar-refractivity contribution in [3.8, 4) is 0 Å². The number of nitrogens with one attached hydrogen (secondary N) is 1. The lowest BCUT2D eigenvalue weighted by atomic mass is 10.1. The minimum atomic E-state index is -0.915. The maximum absolute atomic E-state index is 11.6. The van der Waals surface area contributed by atoms with Gasteiger partial charge in [-0.05, 0) is 25.8 Å². The number of nitrogens with two attached hydrogens (primary N) is 1. The first-order valence-corrected chi connectivity index (χ1v) is 5.68. The normalized spacial score (nSPS) is 13.2. The molecule has 1 amide bonds. The van der Waals surface area contributed by atoms with Gasteiger partial charge in [-0.25, -0.2) is 0 Å². The van der Waals surface area contributed by atoms with Crippen LogP contribution in [0, 0.1) is 0 Å². The van der Waals surface area contributed by atoms with Crippen LogP contribution in [0.15, 0.2) is 30.3 Å². The van der Waals surface area contributed by atoms with E-state index < -0.39 is 11.6 Å². The van der Waals surface area contributed by atoms with Crippen molar-refractivity contribution in [2.24, 2.45) is 5.73 Å². The second kappa shape index (κ2) is 5.80. The van der Waals surface area contributed by atoms with Crippen molar-refractivity contribution in [3.05, 3.63) is 35.9 Å². The maximum atomic E-state index is 11.6. The molecule has 4 nitrogen and oxygen atoms in total. The highest BCUT2D eigenvalue weighted by atomic mass is 16.3. The summed E-state index contributed by atoms with van der Waals surface area (Å²) < 4.78 is 0. The predicted octanol–water partition coefficient (Wildman–Crippen LogP) is 0.444. The summed E-state index contributed by atoms with van der Waals surface area (Å²) >= 11 is 0. The standard InChI is InChI=1S/C13H20N2O2/c1-13(2,17)9-15-12(16)11(14)8-10-6-4-3-5-7-10/h3-7,11,17H,8-9,14H2,1-2H3,(H,15,16)/t11-/m1/s1. The van der Waals surface area contributed by atoms with E-state index in [-0.39, 0.29) is 12.5 Å². The van der Waals surface area contributed by atoms with Gasteiger partial charge in [0.05, 0.1) is 11.6 Å². The smallest absolute Gasteiger partial charge is 0.237 e. The van der Waals surface area contributed by atoms with Crippen LogP contribution in [0.3, 0.4) is 0 Å². The average molecular weight is 236 g/mol. The fraction of sp³-hybridized carbons (Fsp3) is 0.462. The molecule has 0 radical (unpaired) electrons. The van der Waals surface area contributed by atoms with Crippen molar-refractivity contribution in [1.82, 2.24) is 5.32 Å². The van der Waals surface area contributed by atoms with E-state index in [0.717, 1.165) is 5.56 Å². The van der Waals surface area contributed by atoms with E-state index in [4.69, 9.17) is 5.73 Å². The summed E-state index contributed by atoms with van der Waals surface area (Å²) in [4.78, 5) is 11.6. The van der Waals surface area contributed by atoms with Gasteiger partial charge in [0.1, 0.15) is 0 Å². The Morgan fingerprint density at radius 2 is 2.00 bits per heavy atom. The topological polar surface area (TPSA) is 75.3 Å². The molecule has 0 aromatic heterocycles. The van der Waals surface area contributed by atoms with E-state index in [9.17, 15) is 9.90 Å². The molecular formula is C13H20N2O2. The van der Waals surface area contributed by atoms with Gasteiger partial charge in [-0.15, -0.1) is 0 Å². The molecule has 1 rings (SSSR count). The van der Waals surface area contributed by atoms with E-state index >= 15 is 0 Å². The Labute approximate surface area is 102 Å². The Balaban J connectivity index is 2.43.